The second-order valence-corrected chi connectivity index (χ2v) is 6.27. The minimum atomic E-state index is 0. The van der Waals surface area contributed by atoms with E-state index in [0.29, 0.717) is 12.3 Å². The maximum Gasteiger partial charge on any atom is 0.193 e. The molecule has 4 nitrogen and oxygen atoms in total. The van der Waals surface area contributed by atoms with E-state index in [9.17, 15) is 4.79 Å². The van der Waals surface area contributed by atoms with Gasteiger partial charge in [-0.15, -0.1) is 12.4 Å². The summed E-state index contributed by atoms with van der Waals surface area (Å²) in [5, 5.41) is 7.64. The number of halogens is 1. The maximum atomic E-state index is 11.9. The number of nitrogens with one attached hydrogen (secondary N) is 1. The Balaban J connectivity index is 0.00000220. The van der Waals surface area contributed by atoms with E-state index in [1.54, 1.807) is 0 Å². The van der Waals surface area contributed by atoms with Crippen LogP contribution in [0.4, 0.5) is 0 Å². The summed E-state index contributed by atoms with van der Waals surface area (Å²) in [5.41, 5.74) is 5.47. The highest BCUT2D eigenvalue weighted by Crippen LogP contribution is 2.25. The van der Waals surface area contributed by atoms with Crippen LogP contribution >= 0.6 is 24.2 Å². The van der Waals surface area contributed by atoms with Crippen LogP contribution in [0.25, 0.3) is 0 Å². The summed E-state index contributed by atoms with van der Waals surface area (Å²) in [6.45, 7) is 1.69. The number of rotatable bonds is 4. The van der Waals surface area contributed by atoms with E-state index in [4.69, 9.17) is 11.1 Å². The number of hydrogen-bond acceptors (Lipinski definition) is 3. The van der Waals surface area contributed by atoms with Gasteiger partial charge in [-0.3, -0.25) is 10.2 Å². The summed E-state index contributed by atoms with van der Waals surface area (Å²) in [4.78, 5) is 14.8. The molecule has 1 heterocycles. The molecule has 21 heavy (non-hydrogen) atoms. The molecule has 1 aromatic rings. The van der Waals surface area contributed by atoms with Crippen molar-refractivity contribution < 1.29 is 4.79 Å². The van der Waals surface area contributed by atoms with Crippen molar-refractivity contribution in [3.05, 3.63) is 30.3 Å². The van der Waals surface area contributed by atoms with Gasteiger partial charge in [-0.2, -0.15) is 0 Å². The number of carbonyl (C=O) groups is 1. The topological polar surface area (TPSA) is 70.2 Å². The zero-order valence-electron chi connectivity index (χ0n) is 12.0. The van der Waals surface area contributed by atoms with Crippen molar-refractivity contribution in [2.45, 2.75) is 30.6 Å². The van der Waals surface area contributed by atoms with Crippen LogP contribution in [0.5, 0.6) is 0 Å². The molecule has 0 spiro atoms. The Bertz CT molecular complexity index is 461. The number of thioether (sulfide) groups is 1. The van der Waals surface area contributed by atoms with Gasteiger partial charge in [-0.05, 0) is 37.3 Å². The third kappa shape index (κ3) is 5.98. The zero-order chi connectivity index (χ0) is 14.4. The number of benzene rings is 1. The molecule has 0 atom stereocenters. The molecule has 0 aromatic heterocycles. The fourth-order valence-corrected chi connectivity index (χ4v) is 3.23. The van der Waals surface area contributed by atoms with Crippen molar-refractivity contribution >= 4 is 35.2 Å². The van der Waals surface area contributed by atoms with Crippen molar-refractivity contribution in [3.8, 4) is 0 Å². The highest BCUT2D eigenvalue weighted by atomic mass is 35.5. The van der Waals surface area contributed by atoms with E-state index in [1.165, 1.54) is 11.8 Å². The minimum Gasteiger partial charge on any atom is -0.370 e. The molecule has 2 rings (SSSR count). The Kier molecular flexibility index (Phi) is 7.61. The minimum absolute atomic E-state index is 0. The predicted octanol–water partition coefficient (Wildman–Crippen LogP) is 3.11. The second-order valence-electron chi connectivity index (χ2n) is 5.14. The van der Waals surface area contributed by atoms with E-state index in [1.807, 2.05) is 35.2 Å². The normalized spacial score (nSPS) is 15.3. The van der Waals surface area contributed by atoms with E-state index < -0.39 is 0 Å². The molecule has 3 N–H and O–H groups in total. The summed E-state index contributed by atoms with van der Waals surface area (Å²) in [6.07, 6.45) is 3.64. The number of hydrogen-bond donors (Lipinski definition) is 2. The van der Waals surface area contributed by atoms with Gasteiger partial charge in [0.1, 0.15) is 0 Å². The number of guanidine groups is 1. The SMILES string of the molecule is Cl.N=C(N)N1CCC(CCC(=O)Sc2ccccc2)CC1. The van der Waals surface area contributed by atoms with E-state index in [-0.39, 0.29) is 23.5 Å². The summed E-state index contributed by atoms with van der Waals surface area (Å²) >= 11 is 1.33. The van der Waals surface area contributed by atoms with Gasteiger partial charge in [-0.25, -0.2) is 0 Å². The average Bonchev–Trinajstić information content (AvgIpc) is 2.46. The van der Waals surface area contributed by atoms with Crippen LogP contribution in [0.1, 0.15) is 25.7 Å². The fraction of sp³-hybridized carbons (Fsp3) is 0.467. The first kappa shape index (κ1) is 17.9. The average molecular weight is 328 g/mol. The molecule has 1 aliphatic heterocycles. The van der Waals surface area contributed by atoms with Gasteiger partial charge >= 0.3 is 0 Å². The largest absolute Gasteiger partial charge is 0.370 e. The first-order chi connectivity index (χ1) is 9.65. The van der Waals surface area contributed by atoms with Crippen LogP contribution in [-0.4, -0.2) is 29.1 Å². The Morgan fingerprint density at radius 3 is 2.48 bits per heavy atom. The quantitative estimate of drug-likeness (QED) is 0.506. The maximum absolute atomic E-state index is 11.9. The predicted molar refractivity (Wildman–Crippen MR) is 90.0 cm³/mol. The second kappa shape index (κ2) is 8.95. The molecule has 1 fully saturated rings. The van der Waals surface area contributed by atoms with Crippen molar-refractivity contribution in [1.82, 2.24) is 4.90 Å². The molecule has 0 amide bonds. The molecule has 1 saturated heterocycles. The molecule has 1 aliphatic rings. The summed E-state index contributed by atoms with van der Waals surface area (Å²) in [6, 6.07) is 9.79. The standard InChI is InChI=1S/C15H21N3OS.ClH/c16-15(17)18-10-8-12(9-11-18)6-7-14(19)20-13-4-2-1-3-5-13;/h1-5,12H,6-11H2,(H3,16,17);1H. The fourth-order valence-electron chi connectivity index (χ4n) is 2.46. The Morgan fingerprint density at radius 2 is 1.90 bits per heavy atom. The van der Waals surface area contributed by atoms with E-state index in [0.717, 1.165) is 37.2 Å². The molecule has 0 saturated carbocycles. The third-order valence-electron chi connectivity index (χ3n) is 3.69. The van der Waals surface area contributed by atoms with Crippen LogP contribution in [0.15, 0.2) is 35.2 Å². The smallest absolute Gasteiger partial charge is 0.193 e. The van der Waals surface area contributed by atoms with E-state index >= 15 is 0 Å². The molecule has 116 valence electrons. The van der Waals surface area contributed by atoms with Crippen LogP contribution < -0.4 is 5.73 Å². The number of nitrogens with two attached hydrogens (primary N) is 1. The Labute approximate surface area is 136 Å². The highest BCUT2D eigenvalue weighted by Gasteiger charge is 2.20. The molecule has 0 radical (unpaired) electrons. The van der Waals surface area contributed by atoms with Gasteiger partial charge in [0.05, 0.1) is 0 Å². The van der Waals surface area contributed by atoms with Crippen LogP contribution in [0.2, 0.25) is 0 Å². The Hall–Kier alpha value is -1.20. The van der Waals surface area contributed by atoms with Crippen LogP contribution in [0.3, 0.4) is 0 Å². The lowest BCUT2D eigenvalue weighted by atomic mass is 9.92. The van der Waals surface area contributed by atoms with Gasteiger partial charge in [0.25, 0.3) is 0 Å². The van der Waals surface area contributed by atoms with Crippen LogP contribution in [0, 0.1) is 11.3 Å². The number of likely N-dealkylation sites (tertiary alicyclic amines) is 1. The number of piperidine rings is 1. The lowest BCUT2D eigenvalue weighted by Gasteiger charge is -2.32. The van der Waals surface area contributed by atoms with Crippen molar-refractivity contribution in [1.29, 1.82) is 5.41 Å². The number of carbonyl (C=O) groups excluding carboxylic acids is 1. The van der Waals surface area contributed by atoms with Crippen molar-refractivity contribution in [2.24, 2.45) is 11.7 Å². The molecule has 0 aliphatic carbocycles. The molecular weight excluding hydrogens is 306 g/mol. The van der Waals surface area contributed by atoms with Gasteiger partial charge in [0, 0.05) is 24.4 Å². The van der Waals surface area contributed by atoms with Gasteiger partial charge in [0.15, 0.2) is 11.1 Å². The first-order valence-electron chi connectivity index (χ1n) is 7.00. The lowest BCUT2D eigenvalue weighted by Crippen LogP contribution is -2.42. The Morgan fingerprint density at radius 1 is 1.29 bits per heavy atom. The van der Waals surface area contributed by atoms with Gasteiger partial charge in [0.2, 0.25) is 0 Å². The van der Waals surface area contributed by atoms with Crippen molar-refractivity contribution in [2.75, 3.05) is 13.1 Å². The molecular formula is C15H22ClN3OS. The first-order valence-corrected chi connectivity index (χ1v) is 7.81. The summed E-state index contributed by atoms with van der Waals surface area (Å²) < 4.78 is 0. The van der Waals surface area contributed by atoms with Crippen molar-refractivity contribution in [3.63, 3.8) is 0 Å². The van der Waals surface area contributed by atoms with Crippen LogP contribution in [-0.2, 0) is 4.79 Å². The van der Waals surface area contributed by atoms with Gasteiger partial charge in [-0.1, -0.05) is 30.0 Å². The summed E-state index contributed by atoms with van der Waals surface area (Å²) in [7, 11) is 0. The van der Waals surface area contributed by atoms with Gasteiger partial charge < -0.3 is 10.6 Å². The van der Waals surface area contributed by atoms with E-state index in [2.05, 4.69) is 0 Å². The summed E-state index contributed by atoms with van der Waals surface area (Å²) in [5.74, 6) is 0.755. The molecule has 1 aromatic carbocycles. The monoisotopic (exact) mass is 327 g/mol. The third-order valence-corrected chi connectivity index (χ3v) is 4.63. The highest BCUT2D eigenvalue weighted by molar-refractivity contribution is 8.13. The number of nitrogens with zero attached hydrogens (tertiary/aromatic N) is 1. The molecule has 6 heteroatoms. The zero-order valence-corrected chi connectivity index (χ0v) is 13.6. The lowest BCUT2D eigenvalue weighted by molar-refractivity contribution is -0.111. The molecule has 0 unspecified atom stereocenters. The molecule has 0 bridgehead atoms.